The first kappa shape index (κ1) is 12.6. The molecule has 1 aromatic carbocycles. The van der Waals surface area contributed by atoms with Gasteiger partial charge in [-0.05, 0) is 23.9 Å². The van der Waals surface area contributed by atoms with E-state index in [1.54, 1.807) is 12.1 Å². The lowest BCUT2D eigenvalue weighted by molar-refractivity contribution is 0.0107. The Hall–Kier alpha value is -0.875. The number of benzene rings is 1. The van der Waals surface area contributed by atoms with Crippen LogP contribution in [0.15, 0.2) is 24.3 Å². The summed E-state index contributed by atoms with van der Waals surface area (Å²) >= 11 is 0. The maximum absolute atomic E-state index is 9.19. The van der Waals surface area contributed by atoms with Crippen LogP contribution >= 0.6 is 0 Å². The minimum atomic E-state index is -1.45. The van der Waals surface area contributed by atoms with Crippen molar-refractivity contribution in [3.05, 3.63) is 29.8 Å². The molecule has 5 heteroatoms. The molecule has 4 nitrogen and oxygen atoms in total. The molecular formula is C12H17BO4. The fourth-order valence-corrected chi connectivity index (χ4v) is 1.99. The molecule has 1 saturated heterocycles. The van der Waals surface area contributed by atoms with Crippen molar-refractivity contribution in [2.75, 3.05) is 13.2 Å². The van der Waals surface area contributed by atoms with Gasteiger partial charge < -0.3 is 19.5 Å². The van der Waals surface area contributed by atoms with Crippen LogP contribution in [-0.4, -0.2) is 36.5 Å². The van der Waals surface area contributed by atoms with E-state index in [-0.39, 0.29) is 6.10 Å². The lowest BCUT2D eigenvalue weighted by Gasteiger charge is -2.12. The number of ether oxygens (including phenoxy) is 2. The molecule has 0 amide bonds. The average molecular weight is 236 g/mol. The van der Waals surface area contributed by atoms with Crippen molar-refractivity contribution in [2.45, 2.75) is 25.6 Å². The van der Waals surface area contributed by atoms with Crippen molar-refractivity contribution >= 4 is 12.6 Å². The molecule has 0 radical (unpaired) electrons. The Labute approximate surface area is 101 Å². The highest BCUT2D eigenvalue weighted by molar-refractivity contribution is 6.59. The minimum absolute atomic E-state index is 0.196. The van der Waals surface area contributed by atoms with Crippen LogP contribution < -0.4 is 5.46 Å². The second-order valence-electron chi connectivity index (χ2n) is 4.22. The van der Waals surface area contributed by atoms with Gasteiger partial charge in [-0.1, -0.05) is 24.3 Å². The molecule has 2 N–H and O–H groups in total. The summed E-state index contributed by atoms with van der Waals surface area (Å²) < 4.78 is 11.0. The Bertz CT molecular complexity index is 350. The summed E-state index contributed by atoms with van der Waals surface area (Å²) in [4.78, 5) is 0. The number of hydrogen-bond donors (Lipinski definition) is 2. The van der Waals surface area contributed by atoms with Crippen LogP contribution in [0.1, 0.15) is 18.4 Å². The summed E-state index contributed by atoms with van der Waals surface area (Å²) in [5, 5.41) is 18.4. The highest BCUT2D eigenvalue weighted by Crippen LogP contribution is 2.12. The van der Waals surface area contributed by atoms with E-state index >= 15 is 0 Å². The van der Waals surface area contributed by atoms with Crippen molar-refractivity contribution in [1.29, 1.82) is 0 Å². The standard InChI is InChI=1S/C12H17BO4/c14-13(15)12-6-2-1-4-10(12)8-16-9-11-5-3-7-17-11/h1-2,4,6,11,14-15H,3,5,7-9H2. The van der Waals surface area contributed by atoms with E-state index < -0.39 is 7.12 Å². The third-order valence-electron chi connectivity index (χ3n) is 2.92. The summed E-state index contributed by atoms with van der Waals surface area (Å²) in [5.41, 5.74) is 1.31. The maximum Gasteiger partial charge on any atom is 0.488 e. The first-order valence-electron chi connectivity index (χ1n) is 5.90. The van der Waals surface area contributed by atoms with Crippen molar-refractivity contribution < 1.29 is 19.5 Å². The Morgan fingerprint density at radius 3 is 2.88 bits per heavy atom. The van der Waals surface area contributed by atoms with Crippen molar-refractivity contribution in [3.63, 3.8) is 0 Å². The van der Waals surface area contributed by atoms with E-state index in [0.29, 0.717) is 18.7 Å². The first-order valence-corrected chi connectivity index (χ1v) is 5.90. The fraction of sp³-hybridized carbons (Fsp3) is 0.500. The molecular weight excluding hydrogens is 219 g/mol. The van der Waals surface area contributed by atoms with Crippen molar-refractivity contribution in [2.24, 2.45) is 0 Å². The highest BCUT2D eigenvalue weighted by atomic mass is 16.5. The monoisotopic (exact) mass is 236 g/mol. The van der Waals surface area contributed by atoms with E-state index in [2.05, 4.69) is 0 Å². The topological polar surface area (TPSA) is 58.9 Å². The largest absolute Gasteiger partial charge is 0.488 e. The Balaban J connectivity index is 1.85. The van der Waals surface area contributed by atoms with Gasteiger partial charge in [0.05, 0.1) is 19.3 Å². The molecule has 0 bridgehead atoms. The molecule has 0 saturated carbocycles. The third-order valence-corrected chi connectivity index (χ3v) is 2.92. The second-order valence-corrected chi connectivity index (χ2v) is 4.22. The van der Waals surface area contributed by atoms with Crippen LogP contribution in [0, 0.1) is 0 Å². The van der Waals surface area contributed by atoms with Crippen LogP contribution in [-0.2, 0) is 16.1 Å². The van der Waals surface area contributed by atoms with E-state index in [0.717, 1.165) is 25.0 Å². The van der Waals surface area contributed by atoms with Crippen molar-refractivity contribution in [1.82, 2.24) is 0 Å². The predicted molar refractivity (Wildman–Crippen MR) is 64.9 cm³/mol. The summed E-state index contributed by atoms with van der Waals surface area (Å²) in [6.07, 6.45) is 2.34. The van der Waals surface area contributed by atoms with E-state index in [1.165, 1.54) is 0 Å². The molecule has 1 fully saturated rings. The van der Waals surface area contributed by atoms with Gasteiger partial charge in [0.1, 0.15) is 0 Å². The fourth-order valence-electron chi connectivity index (χ4n) is 1.99. The lowest BCUT2D eigenvalue weighted by atomic mass is 9.77. The number of hydrogen-bond acceptors (Lipinski definition) is 4. The molecule has 17 heavy (non-hydrogen) atoms. The van der Waals surface area contributed by atoms with Gasteiger partial charge in [-0.3, -0.25) is 0 Å². The van der Waals surface area contributed by atoms with Crippen molar-refractivity contribution in [3.8, 4) is 0 Å². The molecule has 1 unspecified atom stereocenters. The molecule has 1 heterocycles. The van der Waals surface area contributed by atoms with Gasteiger partial charge in [-0.25, -0.2) is 0 Å². The Morgan fingerprint density at radius 2 is 2.18 bits per heavy atom. The predicted octanol–water partition coefficient (Wildman–Crippen LogP) is 0.0620. The summed E-state index contributed by atoms with van der Waals surface area (Å²) in [5.74, 6) is 0. The number of rotatable bonds is 5. The quantitative estimate of drug-likeness (QED) is 0.710. The van der Waals surface area contributed by atoms with E-state index in [1.807, 2.05) is 12.1 Å². The van der Waals surface area contributed by atoms with Crippen LogP contribution in [0.4, 0.5) is 0 Å². The average Bonchev–Trinajstić information content (AvgIpc) is 2.82. The third kappa shape index (κ3) is 3.54. The van der Waals surface area contributed by atoms with E-state index in [4.69, 9.17) is 9.47 Å². The van der Waals surface area contributed by atoms with Gasteiger partial charge in [-0.2, -0.15) is 0 Å². The van der Waals surface area contributed by atoms with Gasteiger partial charge in [0.15, 0.2) is 0 Å². The smallest absolute Gasteiger partial charge is 0.423 e. The summed E-state index contributed by atoms with van der Waals surface area (Å²) in [6.45, 7) is 1.77. The second kappa shape index (κ2) is 6.16. The van der Waals surface area contributed by atoms with Crippen LogP contribution in [0.25, 0.3) is 0 Å². The summed E-state index contributed by atoms with van der Waals surface area (Å²) in [7, 11) is -1.45. The van der Waals surface area contributed by atoms with E-state index in [9.17, 15) is 10.0 Å². The minimum Gasteiger partial charge on any atom is -0.423 e. The lowest BCUT2D eigenvalue weighted by Crippen LogP contribution is -2.33. The Morgan fingerprint density at radius 1 is 1.35 bits per heavy atom. The van der Waals surface area contributed by atoms with Crippen LogP contribution in [0.3, 0.4) is 0 Å². The Kier molecular flexibility index (Phi) is 4.56. The molecule has 1 aliphatic rings. The molecule has 92 valence electrons. The van der Waals surface area contributed by atoms with Gasteiger partial charge >= 0.3 is 7.12 Å². The molecule has 1 aliphatic heterocycles. The first-order chi connectivity index (χ1) is 8.27. The molecule has 1 atom stereocenters. The van der Waals surface area contributed by atoms with Crippen LogP contribution in [0.5, 0.6) is 0 Å². The van der Waals surface area contributed by atoms with Gasteiger partial charge in [0, 0.05) is 6.61 Å². The maximum atomic E-state index is 9.19. The zero-order valence-electron chi connectivity index (χ0n) is 9.71. The zero-order chi connectivity index (χ0) is 12.1. The van der Waals surface area contributed by atoms with Gasteiger partial charge in [0.25, 0.3) is 0 Å². The normalized spacial score (nSPS) is 19.5. The molecule has 0 spiro atoms. The summed E-state index contributed by atoms with van der Waals surface area (Å²) in [6, 6.07) is 7.16. The van der Waals surface area contributed by atoms with Crippen LogP contribution in [0.2, 0.25) is 0 Å². The van der Waals surface area contributed by atoms with Gasteiger partial charge in [-0.15, -0.1) is 0 Å². The van der Waals surface area contributed by atoms with Gasteiger partial charge in [0.2, 0.25) is 0 Å². The molecule has 1 aromatic rings. The molecule has 2 rings (SSSR count). The molecule has 0 aliphatic carbocycles. The SMILES string of the molecule is OB(O)c1ccccc1COCC1CCCO1. The zero-order valence-corrected chi connectivity index (χ0v) is 9.71. The molecule has 0 aromatic heterocycles. The highest BCUT2D eigenvalue weighted by Gasteiger charge is 2.17.